The Kier molecular flexibility index (Phi) is 2.51. The summed E-state index contributed by atoms with van der Waals surface area (Å²) in [7, 11) is 0. The third-order valence-corrected chi connectivity index (χ3v) is 2.45. The number of carbonyl (C=O) groups excluding carboxylic acids is 1. The molecule has 4 heteroatoms. The van der Waals surface area contributed by atoms with Crippen LogP contribution in [-0.4, -0.2) is 30.1 Å². The maximum Gasteiger partial charge on any atom is 0.377 e. The number of rotatable bonds is 3. The zero-order chi connectivity index (χ0) is 10.8. The Morgan fingerprint density at radius 2 is 2.07 bits per heavy atom. The van der Waals surface area contributed by atoms with Crippen molar-refractivity contribution in [3.05, 3.63) is 35.4 Å². The van der Waals surface area contributed by atoms with E-state index in [-0.39, 0.29) is 5.56 Å². The van der Waals surface area contributed by atoms with Crippen molar-refractivity contribution in [2.45, 2.75) is 5.92 Å². The highest BCUT2D eigenvalue weighted by Gasteiger charge is 2.22. The average Bonchev–Trinajstić information content (AvgIpc) is 2.14. The molecule has 4 nitrogen and oxygen atoms in total. The van der Waals surface area contributed by atoms with Crippen molar-refractivity contribution in [3.8, 4) is 0 Å². The second-order valence-corrected chi connectivity index (χ2v) is 3.49. The van der Waals surface area contributed by atoms with Crippen molar-refractivity contribution < 1.29 is 19.4 Å². The van der Waals surface area contributed by atoms with Gasteiger partial charge < -0.3 is 9.84 Å². The van der Waals surface area contributed by atoms with E-state index in [1.54, 1.807) is 12.1 Å². The number of ketones is 1. The number of ether oxygens (including phenoxy) is 1. The molecule has 1 heterocycles. The van der Waals surface area contributed by atoms with Crippen LogP contribution in [0.15, 0.2) is 24.3 Å². The molecule has 0 aromatic heterocycles. The smallest absolute Gasteiger partial charge is 0.377 e. The predicted octanol–water partition coefficient (Wildman–Crippen LogP) is 1.07. The van der Waals surface area contributed by atoms with Gasteiger partial charge in [0.25, 0.3) is 5.78 Å². The first kappa shape index (κ1) is 9.86. The SMILES string of the molecule is O=C(O)C(=O)c1cccc(C2COC2)c1. The molecule has 0 radical (unpaired) electrons. The standard InChI is InChI=1S/C11H10O4/c12-10(11(13)14)8-3-1-2-7(4-8)9-5-15-6-9/h1-4,9H,5-6H2,(H,13,14). The summed E-state index contributed by atoms with van der Waals surface area (Å²) < 4.78 is 5.04. The molecule has 0 amide bonds. The van der Waals surface area contributed by atoms with Crippen LogP contribution in [0.1, 0.15) is 21.8 Å². The fraction of sp³-hybridized carbons (Fsp3) is 0.273. The number of benzene rings is 1. The van der Waals surface area contributed by atoms with Crippen molar-refractivity contribution in [1.29, 1.82) is 0 Å². The summed E-state index contributed by atoms with van der Waals surface area (Å²) in [4.78, 5) is 21.7. The van der Waals surface area contributed by atoms with E-state index in [0.29, 0.717) is 19.1 Å². The molecule has 78 valence electrons. The normalized spacial score (nSPS) is 15.7. The van der Waals surface area contributed by atoms with Crippen LogP contribution in [0.2, 0.25) is 0 Å². The highest BCUT2D eigenvalue weighted by molar-refractivity contribution is 6.39. The second kappa shape index (κ2) is 3.82. The van der Waals surface area contributed by atoms with E-state index in [9.17, 15) is 9.59 Å². The van der Waals surface area contributed by atoms with Gasteiger partial charge in [-0.3, -0.25) is 4.79 Å². The summed E-state index contributed by atoms with van der Waals surface area (Å²) in [5, 5.41) is 8.56. The van der Waals surface area contributed by atoms with Crippen LogP contribution in [0, 0.1) is 0 Å². The monoisotopic (exact) mass is 206 g/mol. The number of hydrogen-bond acceptors (Lipinski definition) is 3. The maximum atomic E-state index is 11.2. The lowest BCUT2D eigenvalue weighted by molar-refractivity contribution is -0.131. The minimum atomic E-state index is -1.42. The molecule has 15 heavy (non-hydrogen) atoms. The zero-order valence-electron chi connectivity index (χ0n) is 7.97. The molecular weight excluding hydrogens is 196 g/mol. The summed E-state index contributed by atoms with van der Waals surface area (Å²) >= 11 is 0. The number of aliphatic carboxylic acids is 1. The molecule has 0 saturated carbocycles. The Bertz CT molecular complexity index is 407. The van der Waals surface area contributed by atoms with Gasteiger partial charge in [0.05, 0.1) is 13.2 Å². The lowest BCUT2D eigenvalue weighted by Gasteiger charge is -2.26. The summed E-state index contributed by atoms with van der Waals surface area (Å²) in [6.45, 7) is 1.29. The molecule has 1 aromatic carbocycles. The number of Topliss-reactive ketones (excluding diaryl/α,β-unsaturated/α-hetero) is 1. The van der Waals surface area contributed by atoms with Crippen molar-refractivity contribution in [2.24, 2.45) is 0 Å². The van der Waals surface area contributed by atoms with Crippen LogP contribution in [0.25, 0.3) is 0 Å². The Hall–Kier alpha value is -1.68. The van der Waals surface area contributed by atoms with Gasteiger partial charge >= 0.3 is 5.97 Å². The summed E-state index contributed by atoms with van der Waals surface area (Å²) in [5.74, 6) is -1.99. The third kappa shape index (κ3) is 1.89. The molecule has 1 aliphatic rings. The van der Waals surface area contributed by atoms with E-state index in [0.717, 1.165) is 5.56 Å². The van der Waals surface area contributed by atoms with Crippen molar-refractivity contribution in [3.63, 3.8) is 0 Å². The molecule has 0 unspecified atom stereocenters. The largest absolute Gasteiger partial charge is 0.475 e. The van der Waals surface area contributed by atoms with E-state index in [2.05, 4.69) is 0 Å². The molecule has 0 aliphatic carbocycles. The first-order valence-electron chi connectivity index (χ1n) is 4.64. The van der Waals surface area contributed by atoms with Gasteiger partial charge in [-0.15, -0.1) is 0 Å². The first-order valence-corrected chi connectivity index (χ1v) is 4.64. The van der Waals surface area contributed by atoms with Gasteiger partial charge in [0.2, 0.25) is 0 Å². The summed E-state index contributed by atoms with van der Waals surface area (Å²) in [6.07, 6.45) is 0. The Morgan fingerprint density at radius 3 is 2.60 bits per heavy atom. The van der Waals surface area contributed by atoms with Crippen LogP contribution in [0.5, 0.6) is 0 Å². The van der Waals surface area contributed by atoms with Crippen LogP contribution < -0.4 is 0 Å². The number of carboxylic acids is 1. The van der Waals surface area contributed by atoms with Crippen molar-refractivity contribution in [1.82, 2.24) is 0 Å². The molecule has 1 aromatic rings. The fourth-order valence-corrected chi connectivity index (χ4v) is 1.49. The van der Waals surface area contributed by atoms with Crippen LogP contribution in [-0.2, 0) is 9.53 Å². The Balaban J connectivity index is 2.25. The molecule has 1 aliphatic heterocycles. The molecular formula is C11H10O4. The molecule has 0 atom stereocenters. The van der Waals surface area contributed by atoms with Crippen molar-refractivity contribution in [2.75, 3.05) is 13.2 Å². The van der Waals surface area contributed by atoms with Crippen molar-refractivity contribution >= 4 is 11.8 Å². The van der Waals surface area contributed by atoms with E-state index >= 15 is 0 Å². The van der Waals surface area contributed by atoms with E-state index < -0.39 is 11.8 Å². The lowest BCUT2D eigenvalue weighted by atomic mass is 9.95. The van der Waals surface area contributed by atoms with Crippen LogP contribution in [0.4, 0.5) is 0 Å². The van der Waals surface area contributed by atoms with Gasteiger partial charge in [0.15, 0.2) is 0 Å². The predicted molar refractivity (Wildman–Crippen MR) is 52.0 cm³/mol. The van der Waals surface area contributed by atoms with Gasteiger partial charge in [-0.05, 0) is 11.6 Å². The van der Waals surface area contributed by atoms with E-state index in [1.807, 2.05) is 6.07 Å². The van der Waals surface area contributed by atoms with E-state index in [1.165, 1.54) is 6.07 Å². The molecule has 1 saturated heterocycles. The van der Waals surface area contributed by atoms with Gasteiger partial charge in [0.1, 0.15) is 0 Å². The summed E-state index contributed by atoms with van der Waals surface area (Å²) in [5.41, 5.74) is 1.19. The first-order chi connectivity index (χ1) is 7.18. The van der Waals surface area contributed by atoms with Gasteiger partial charge in [-0.2, -0.15) is 0 Å². The number of carboxylic acid groups (broad SMARTS) is 1. The zero-order valence-corrected chi connectivity index (χ0v) is 7.97. The van der Waals surface area contributed by atoms with Gasteiger partial charge in [-0.25, -0.2) is 4.79 Å². The fourth-order valence-electron chi connectivity index (χ4n) is 1.49. The number of carbonyl (C=O) groups is 2. The van der Waals surface area contributed by atoms with Crippen LogP contribution >= 0.6 is 0 Å². The average molecular weight is 206 g/mol. The molecule has 2 rings (SSSR count). The van der Waals surface area contributed by atoms with Crippen LogP contribution in [0.3, 0.4) is 0 Å². The number of hydrogen-bond donors (Lipinski definition) is 1. The van der Waals surface area contributed by atoms with E-state index in [4.69, 9.17) is 9.84 Å². The molecule has 0 spiro atoms. The topological polar surface area (TPSA) is 63.6 Å². The minimum Gasteiger partial charge on any atom is -0.475 e. The van der Waals surface area contributed by atoms with Gasteiger partial charge in [0, 0.05) is 11.5 Å². The molecule has 0 bridgehead atoms. The molecule has 1 fully saturated rings. The van der Waals surface area contributed by atoms with Gasteiger partial charge in [-0.1, -0.05) is 18.2 Å². The second-order valence-electron chi connectivity index (χ2n) is 3.49. The third-order valence-electron chi connectivity index (χ3n) is 2.45. The Labute approximate surface area is 86.5 Å². The minimum absolute atomic E-state index is 0.229. The molecule has 1 N–H and O–H groups in total. The summed E-state index contributed by atoms with van der Waals surface area (Å²) in [6, 6.07) is 6.72. The lowest BCUT2D eigenvalue weighted by Crippen LogP contribution is -2.25. The quantitative estimate of drug-likeness (QED) is 0.593. The maximum absolute atomic E-state index is 11.2. The Morgan fingerprint density at radius 1 is 1.33 bits per heavy atom. The highest BCUT2D eigenvalue weighted by atomic mass is 16.5. The highest BCUT2D eigenvalue weighted by Crippen LogP contribution is 2.24.